The molecule has 0 saturated carbocycles. The zero-order valence-corrected chi connectivity index (χ0v) is 16.6. The van der Waals surface area contributed by atoms with Gasteiger partial charge in [0.15, 0.2) is 5.82 Å². The molecule has 1 fully saturated rings. The first-order valence-corrected chi connectivity index (χ1v) is 9.98. The molecule has 2 aromatic rings. The van der Waals surface area contributed by atoms with Crippen molar-refractivity contribution in [2.75, 3.05) is 31.6 Å². The van der Waals surface area contributed by atoms with Crippen molar-refractivity contribution in [3.63, 3.8) is 0 Å². The molecule has 1 N–H and O–H groups in total. The summed E-state index contributed by atoms with van der Waals surface area (Å²) in [5, 5.41) is 12.3. The van der Waals surface area contributed by atoms with Crippen LogP contribution in [-0.2, 0) is 12.6 Å². The number of hydrogen-bond donors (Lipinski definition) is 1. The summed E-state index contributed by atoms with van der Waals surface area (Å²) in [5.74, 6) is 1.06. The standard InChI is InChI=1S/C21H25F3N4O/c1-13-9-15(21(22,23)24)11-18(29-2)19(13)17-10-14-5-4-8-28(20(14)27-26-17)16-6-3-7-25-12-16/h9-11,16,25H,3-8,12H2,1-2H3/t16-/m1/s1. The molecule has 0 radical (unpaired) electrons. The molecule has 29 heavy (non-hydrogen) atoms. The highest BCUT2D eigenvalue weighted by atomic mass is 19.4. The molecule has 2 aliphatic rings. The van der Waals surface area contributed by atoms with Gasteiger partial charge in [0.05, 0.1) is 18.4 Å². The van der Waals surface area contributed by atoms with E-state index in [-0.39, 0.29) is 5.75 Å². The minimum atomic E-state index is -4.42. The number of anilines is 1. The van der Waals surface area contributed by atoms with Crippen molar-refractivity contribution in [3.8, 4) is 17.0 Å². The molecule has 0 aliphatic carbocycles. The smallest absolute Gasteiger partial charge is 0.416 e. The fraction of sp³-hybridized carbons (Fsp3) is 0.524. The highest BCUT2D eigenvalue weighted by molar-refractivity contribution is 5.73. The summed E-state index contributed by atoms with van der Waals surface area (Å²) >= 11 is 0. The molecule has 1 aromatic carbocycles. The van der Waals surface area contributed by atoms with E-state index in [0.29, 0.717) is 22.9 Å². The van der Waals surface area contributed by atoms with Crippen LogP contribution in [0, 0.1) is 6.92 Å². The molecule has 0 bridgehead atoms. The van der Waals surface area contributed by atoms with Gasteiger partial charge < -0.3 is 15.0 Å². The van der Waals surface area contributed by atoms with Crippen molar-refractivity contribution >= 4 is 5.82 Å². The maximum Gasteiger partial charge on any atom is 0.416 e. The van der Waals surface area contributed by atoms with Gasteiger partial charge >= 0.3 is 6.18 Å². The van der Waals surface area contributed by atoms with E-state index >= 15 is 0 Å². The van der Waals surface area contributed by atoms with Crippen LogP contribution in [-0.4, -0.2) is 43.0 Å². The molecule has 156 valence electrons. The zero-order chi connectivity index (χ0) is 20.6. The third kappa shape index (κ3) is 3.90. The Morgan fingerprint density at radius 1 is 1.17 bits per heavy atom. The Kier molecular flexibility index (Phi) is 5.38. The summed E-state index contributed by atoms with van der Waals surface area (Å²) in [6.45, 7) is 4.59. The van der Waals surface area contributed by atoms with Gasteiger partial charge in [-0.05, 0) is 68.5 Å². The van der Waals surface area contributed by atoms with E-state index in [1.54, 1.807) is 6.92 Å². The van der Waals surface area contributed by atoms with Gasteiger partial charge in [0.25, 0.3) is 0 Å². The van der Waals surface area contributed by atoms with E-state index in [1.165, 1.54) is 7.11 Å². The Morgan fingerprint density at radius 3 is 2.69 bits per heavy atom. The molecule has 1 atom stereocenters. The fourth-order valence-electron chi connectivity index (χ4n) is 4.38. The predicted molar refractivity (Wildman–Crippen MR) is 105 cm³/mol. The third-order valence-corrected chi connectivity index (χ3v) is 5.78. The van der Waals surface area contributed by atoms with E-state index in [4.69, 9.17) is 4.74 Å². The summed E-state index contributed by atoms with van der Waals surface area (Å²) in [4.78, 5) is 2.33. The lowest BCUT2D eigenvalue weighted by molar-refractivity contribution is -0.137. The monoisotopic (exact) mass is 406 g/mol. The van der Waals surface area contributed by atoms with E-state index in [2.05, 4.69) is 20.4 Å². The SMILES string of the molecule is COc1cc(C(F)(F)F)cc(C)c1-c1cc2c(nn1)N([C@@H]1CCCNC1)CCC2. The number of fused-ring (bicyclic) bond motifs is 1. The van der Waals surface area contributed by atoms with Crippen LogP contribution in [0.2, 0.25) is 0 Å². The van der Waals surface area contributed by atoms with Crippen molar-refractivity contribution in [3.05, 3.63) is 34.9 Å². The number of rotatable bonds is 3. The summed E-state index contributed by atoms with van der Waals surface area (Å²) in [6, 6.07) is 4.54. The van der Waals surface area contributed by atoms with Crippen molar-refractivity contribution in [2.24, 2.45) is 0 Å². The largest absolute Gasteiger partial charge is 0.496 e. The predicted octanol–water partition coefficient (Wildman–Crippen LogP) is 3.98. The number of nitrogens with zero attached hydrogens (tertiary/aromatic N) is 3. The highest BCUT2D eigenvalue weighted by Crippen LogP contribution is 2.40. The van der Waals surface area contributed by atoms with Crippen LogP contribution in [0.5, 0.6) is 5.75 Å². The molecular weight excluding hydrogens is 381 g/mol. The van der Waals surface area contributed by atoms with Crippen molar-refractivity contribution in [1.29, 1.82) is 0 Å². The number of hydrogen-bond acceptors (Lipinski definition) is 5. The normalized spacial score (nSPS) is 19.8. The number of alkyl halides is 3. The summed E-state index contributed by atoms with van der Waals surface area (Å²) in [7, 11) is 1.38. The maximum absolute atomic E-state index is 13.2. The minimum absolute atomic E-state index is 0.163. The maximum atomic E-state index is 13.2. The molecule has 1 saturated heterocycles. The van der Waals surface area contributed by atoms with Crippen LogP contribution in [0.1, 0.15) is 36.0 Å². The highest BCUT2D eigenvalue weighted by Gasteiger charge is 2.33. The minimum Gasteiger partial charge on any atom is -0.496 e. The van der Waals surface area contributed by atoms with Crippen LogP contribution in [0.15, 0.2) is 18.2 Å². The summed E-state index contributed by atoms with van der Waals surface area (Å²) in [5.41, 5.74) is 1.95. The molecule has 1 aromatic heterocycles. The number of piperidine rings is 1. The Hall–Kier alpha value is -2.35. The Labute approximate surface area is 168 Å². The average molecular weight is 406 g/mol. The first kappa shape index (κ1) is 19.9. The van der Waals surface area contributed by atoms with Crippen LogP contribution in [0.3, 0.4) is 0 Å². The van der Waals surface area contributed by atoms with Crippen LogP contribution in [0.25, 0.3) is 11.3 Å². The Bertz CT molecular complexity index is 894. The second-order valence-corrected chi connectivity index (χ2v) is 7.74. The Balaban J connectivity index is 1.72. The number of nitrogens with one attached hydrogen (secondary N) is 1. The molecule has 0 amide bonds. The lowest BCUT2D eigenvalue weighted by Crippen LogP contribution is -2.48. The molecule has 2 aliphatic heterocycles. The molecule has 0 spiro atoms. The number of ether oxygens (including phenoxy) is 1. The van der Waals surface area contributed by atoms with Crippen LogP contribution in [0.4, 0.5) is 19.0 Å². The summed E-state index contributed by atoms with van der Waals surface area (Å²) < 4.78 is 44.8. The van der Waals surface area contributed by atoms with Gasteiger partial charge in [-0.1, -0.05) is 0 Å². The Morgan fingerprint density at radius 2 is 2.00 bits per heavy atom. The van der Waals surface area contributed by atoms with Crippen LogP contribution >= 0.6 is 0 Å². The lowest BCUT2D eigenvalue weighted by atomic mass is 9.96. The van der Waals surface area contributed by atoms with Gasteiger partial charge in [0.2, 0.25) is 0 Å². The second kappa shape index (κ2) is 7.82. The van der Waals surface area contributed by atoms with Crippen LogP contribution < -0.4 is 15.0 Å². The van der Waals surface area contributed by atoms with Gasteiger partial charge in [0, 0.05) is 24.7 Å². The van der Waals surface area contributed by atoms with Gasteiger partial charge in [-0.3, -0.25) is 0 Å². The quantitative estimate of drug-likeness (QED) is 0.836. The fourth-order valence-corrected chi connectivity index (χ4v) is 4.38. The zero-order valence-electron chi connectivity index (χ0n) is 16.6. The van der Waals surface area contributed by atoms with E-state index in [1.807, 2.05) is 6.07 Å². The number of benzene rings is 1. The molecule has 5 nitrogen and oxygen atoms in total. The van der Waals surface area contributed by atoms with Crippen molar-refractivity contribution in [1.82, 2.24) is 15.5 Å². The first-order valence-electron chi connectivity index (χ1n) is 9.98. The number of halogens is 3. The van der Waals surface area contributed by atoms with Crippen molar-refractivity contribution in [2.45, 2.75) is 44.8 Å². The van der Waals surface area contributed by atoms with Crippen molar-refractivity contribution < 1.29 is 17.9 Å². The molecule has 4 rings (SSSR count). The number of aryl methyl sites for hydroxylation is 2. The van der Waals surface area contributed by atoms with Gasteiger partial charge in [-0.15, -0.1) is 10.2 Å². The van der Waals surface area contributed by atoms with E-state index in [9.17, 15) is 13.2 Å². The molecule has 3 heterocycles. The van der Waals surface area contributed by atoms with E-state index in [0.717, 1.165) is 68.8 Å². The molecular formula is C21H25F3N4O. The topological polar surface area (TPSA) is 50.3 Å². The number of methoxy groups -OCH3 is 1. The molecule has 0 unspecified atom stereocenters. The second-order valence-electron chi connectivity index (χ2n) is 7.74. The van der Waals surface area contributed by atoms with Gasteiger partial charge in [-0.25, -0.2) is 0 Å². The first-order chi connectivity index (χ1) is 13.9. The average Bonchev–Trinajstić information content (AvgIpc) is 2.72. The summed E-state index contributed by atoms with van der Waals surface area (Å²) in [6.07, 6.45) is -0.243. The van der Waals surface area contributed by atoms with E-state index < -0.39 is 11.7 Å². The van der Waals surface area contributed by atoms with Gasteiger partial charge in [0.1, 0.15) is 5.75 Å². The third-order valence-electron chi connectivity index (χ3n) is 5.78. The number of aromatic nitrogens is 2. The molecule has 8 heteroatoms. The van der Waals surface area contributed by atoms with Gasteiger partial charge in [-0.2, -0.15) is 13.2 Å². The lowest BCUT2D eigenvalue weighted by Gasteiger charge is -2.38.